The summed E-state index contributed by atoms with van der Waals surface area (Å²) in [5.41, 5.74) is 0.978. The first kappa shape index (κ1) is 22.9. The van der Waals surface area contributed by atoms with Crippen LogP contribution in [0.15, 0.2) is 58.5 Å². The monoisotopic (exact) mass is 513 g/mol. The molecule has 14 heteroatoms. The van der Waals surface area contributed by atoms with Crippen molar-refractivity contribution < 1.29 is 14.6 Å². The van der Waals surface area contributed by atoms with Gasteiger partial charge in [-0.15, -0.1) is 5.10 Å². The predicted molar refractivity (Wildman–Crippen MR) is 133 cm³/mol. The van der Waals surface area contributed by atoms with Gasteiger partial charge >= 0.3 is 17.3 Å². The number of fused-ring (bicyclic) bond motifs is 2. The molecule has 0 saturated carbocycles. The topological polar surface area (TPSA) is 167 Å². The number of nitrogens with one attached hydrogen (secondary N) is 1. The number of rotatable bonds is 4. The molecule has 4 heterocycles. The average molecular weight is 513 g/mol. The van der Waals surface area contributed by atoms with Crippen LogP contribution in [0.25, 0.3) is 33.6 Å². The number of benzene rings is 2. The molecule has 0 amide bonds. The van der Waals surface area contributed by atoms with Crippen molar-refractivity contribution in [3.8, 4) is 28.6 Å². The molecule has 2 N–H and O–H groups in total. The zero-order valence-electron chi connectivity index (χ0n) is 20.3. The summed E-state index contributed by atoms with van der Waals surface area (Å²) in [6.07, 6.45) is 3.07. The van der Waals surface area contributed by atoms with Gasteiger partial charge in [0, 0.05) is 37.3 Å². The van der Waals surface area contributed by atoms with E-state index in [0.29, 0.717) is 11.3 Å². The number of aromatic nitrogens is 9. The number of aromatic amines is 1. The third-order valence-corrected chi connectivity index (χ3v) is 6.23. The first-order chi connectivity index (χ1) is 18.2. The number of aromatic hydroxyl groups is 1. The Balaban J connectivity index is 1.37. The fourth-order valence-electron chi connectivity index (χ4n) is 4.26. The number of phenolic OH excluding ortho intramolecular Hbond substituents is 1. The summed E-state index contributed by atoms with van der Waals surface area (Å²) in [7, 11) is 3.34. The number of hydrogen-bond acceptors (Lipinski definition) is 9. The molecule has 0 aliphatic carbocycles. The van der Waals surface area contributed by atoms with Crippen LogP contribution in [0, 0.1) is 6.92 Å². The molecule has 38 heavy (non-hydrogen) atoms. The maximum Gasteiger partial charge on any atom is 0.366 e. The van der Waals surface area contributed by atoms with Crippen LogP contribution in [0.2, 0.25) is 0 Å². The van der Waals surface area contributed by atoms with Crippen LogP contribution in [0.4, 0.5) is 0 Å². The minimum absolute atomic E-state index is 0.0457. The highest BCUT2D eigenvalue weighted by molar-refractivity contribution is 5.95. The SMILES string of the molecule is Cc1cc(-c2n[nH]c(=O)n2-c2ccc3c(ccn3C)c2)c(O)cc1OC(=O)c1ncn2c(=O)n(C)nnc12. The first-order valence-electron chi connectivity index (χ1n) is 11.3. The van der Waals surface area contributed by atoms with Crippen molar-refractivity contribution in [2.45, 2.75) is 6.92 Å². The zero-order chi connectivity index (χ0) is 26.7. The van der Waals surface area contributed by atoms with Crippen LogP contribution < -0.4 is 16.1 Å². The summed E-state index contributed by atoms with van der Waals surface area (Å²) in [6.45, 7) is 1.66. The van der Waals surface area contributed by atoms with Crippen molar-refractivity contribution in [2.75, 3.05) is 0 Å². The van der Waals surface area contributed by atoms with Crippen molar-refractivity contribution in [1.82, 2.24) is 43.7 Å². The lowest BCUT2D eigenvalue weighted by atomic mass is 10.1. The normalized spacial score (nSPS) is 11.4. The number of phenols is 1. The van der Waals surface area contributed by atoms with Gasteiger partial charge in [0.1, 0.15) is 17.8 Å². The van der Waals surface area contributed by atoms with Crippen LogP contribution >= 0.6 is 0 Å². The lowest BCUT2D eigenvalue weighted by Crippen LogP contribution is -2.27. The van der Waals surface area contributed by atoms with E-state index in [0.717, 1.165) is 26.3 Å². The van der Waals surface area contributed by atoms with E-state index in [1.165, 1.54) is 17.7 Å². The lowest BCUT2D eigenvalue weighted by molar-refractivity contribution is 0.0729. The lowest BCUT2D eigenvalue weighted by Gasteiger charge is -2.12. The fraction of sp³-hybridized carbons (Fsp3) is 0.125. The van der Waals surface area contributed by atoms with Gasteiger partial charge in [0.05, 0.1) is 11.3 Å². The molecule has 14 nitrogen and oxygen atoms in total. The molecule has 0 spiro atoms. The van der Waals surface area contributed by atoms with Crippen LogP contribution in [0.1, 0.15) is 16.1 Å². The summed E-state index contributed by atoms with van der Waals surface area (Å²) in [6, 6.07) is 10.2. The summed E-state index contributed by atoms with van der Waals surface area (Å²) in [5.74, 6) is -0.944. The van der Waals surface area contributed by atoms with E-state index >= 15 is 0 Å². The predicted octanol–water partition coefficient (Wildman–Crippen LogP) is 1.09. The minimum Gasteiger partial charge on any atom is -0.507 e. The molecular formula is C24H19N9O5. The van der Waals surface area contributed by atoms with Crippen molar-refractivity contribution in [3.05, 3.63) is 81.1 Å². The second kappa shape index (κ2) is 8.26. The number of nitrogens with zero attached hydrogens (tertiary/aromatic N) is 8. The van der Waals surface area contributed by atoms with E-state index in [2.05, 4.69) is 25.5 Å². The molecule has 6 rings (SSSR count). The number of imidazole rings is 1. The number of carbonyl (C=O) groups excluding carboxylic acids is 1. The molecule has 190 valence electrons. The largest absolute Gasteiger partial charge is 0.507 e. The number of carbonyl (C=O) groups is 1. The molecule has 4 aromatic heterocycles. The van der Waals surface area contributed by atoms with Crippen molar-refractivity contribution >= 4 is 22.5 Å². The molecular weight excluding hydrogens is 494 g/mol. The van der Waals surface area contributed by atoms with E-state index in [-0.39, 0.29) is 34.2 Å². The molecule has 0 fully saturated rings. The van der Waals surface area contributed by atoms with E-state index < -0.39 is 17.3 Å². The summed E-state index contributed by atoms with van der Waals surface area (Å²) >= 11 is 0. The molecule has 0 radical (unpaired) electrons. The Kier molecular flexibility index (Phi) is 4.98. The number of aryl methyl sites for hydroxylation is 3. The molecule has 2 aromatic carbocycles. The molecule has 0 saturated heterocycles. The smallest absolute Gasteiger partial charge is 0.366 e. The van der Waals surface area contributed by atoms with Gasteiger partial charge in [0.15, 0.2) is 17.2 Å². The zero-order valence-corrected chi connectivity index (χ0v) is 20.3. The van der Waals surface area contributed by atoms with Gasteiger partial charge in [-0.05, 0) is 42.8 Å². The highest BCUT2D eigenvalue weighted by Crippen LogP contribution is 2.35. The molecule has 6 aromatic rings. The Morgan fingerprint density at radius 3 is 2.74 bits per heavy atom. The maximum atomic E-state index is 12.8. The van der Waals surface area contributed by atoms with E-state index in [1.54, 1.807) is 19.1 Å². The second-order valence-corrected chi connectivity index (χ2v) is 8.66. The van der Waals surface area contributed by atoms with Gasteiger partial charge in [-0.1, -0.05) is 5.21 Å². The van der Waals surface area contributed by atoms with Gasteiger partial charge in [0.25, 0.3) is 0 Å². The van der Waals surface area contributed by atoms with Gasteiger partial charge in [-0.3, -0.25) is 0 Å². The Bertz CT molecular complexity index is 2020. The quantitative estimate of drug-likeness (QED) is 0.259. The van der Waals surface area contributed by atoms with Crippen molar-refractivity contribution in [2.24, 2.45) is 14.1 Å². The van der Waals surface area contributed by atoms with Crippen LogP contribution in [-0.4, -0.2) is 54.8 Å². The van der Waals surface area contributed by atoms with E-state index in [4.69, 9.17) is 4.74 Å². The summed E-state index contributed by atoms with van der Waals surface area (Å²) in [5, 5.41) is 25.8. The number of hydrogen-bond donors (Lipinski definition) is 2. The highest BCUT2D eigenvalue weighted by Gasteiger charge is 2.23. The number of esters is 1. The third-order valence-electron chi connectivity index (χ3n) is 6.23. The fourth-order valence-corrected chi connectivity index (χ4v) is 4.26. The molecule has 0 aliphatic rings. The van der Waals surface area contributed by atoms with Gasteiger partial charge < -0.3 is 14.4 Å². The Morgan fingerprint density at radius 2 is 1.92 bits per heavy atom. The van der Waals surface area contributed by atoms with Gasteiger partial charge in [0.2, 0.25) is 0 Å². The third kappa shape index (κ3) is 3.46. The van der Waals surface area contributed by atoms with Crippen molar-refractivity contribution in [3.63, 3.8) is 0 Å². The van der Waals surface area contributed by atoms with Crippen molar-refractivity contribution in [1.29, 1.82) is 0 Å². The Labute approximate surface area is 212 Å². The minimum atomic E-state index is -0.891. The Hall–Kier alpha value is -5.53. The number of ether oxygens (including phenoxy) is 1. The standard InChI is InChI=1S/C24H19N9O5/c1-12-8-15(20-26-28-23(36)33(20)14-4-5-16-13(9-14)6-7-30(16)2)17(34)10-18(12)38-22(35)19-21-27-29-31(3)24(37)32(21)11-25-19/h4-11,34H,1-3H3,(H,28,36). The highest BCUT2D eigenvalue weighted by atomic mass is 16.5. The van der Waals surface area contributed by atoms with Crippen LogP contribution in [0.5, 0.6) is 11.5 Å². The maximum absolute atomic E-state index is 12.8. The summed E-state index contributed by atoms with van der Waals surface area (Å²) < 4.78 is 10.8. The molecule has 0 aliphatic heterocycles. The summed E-state index contributed by atoms with van der Waals surface area (Å²) in [4.78, 5) is 41.6. The molecule has 0 atom stereocenters. The molecule has 0 unspecified atom stereocenters. The Morgan fingerprint density at radius 1 is 1.11 bits per heavy atom. The average Bonchev–Trinajstić information content (AvgIpc) is 3.60. The van der Waals surface area contributed by atoms with Gasteiger partial charge in [-0.25, -0.2) is 33.4 Å². The van der Waals surface area contributed by atoms with E-state index in [1.807, 2.05) is 36.0 Å². The van der Waals surface area contributed by atoms with Crippen LogP contribution in [0.3, 0.4) is 0 Å². The number of H-pyrrole nitrogens is 1. The second-order valence-electron chi connectivity index (χ2n) is 8.66. The molecule has 0 bridgehead atoms. The van der Waals surface area contributed by atoms with E-state index in [9.17, 15) is 19.5 Å². The van der Waals surface area contributed by atoms with Crippen LogP contribution in [-0.2, 0) is 14.1 Å². The first-order valence-corrected chi connectivity index (χ1v) is 11.3. The van der Waals surface area contributed by atoms with Gasteiger partial charge in [-0.2, -0.15) is 9.78 Å².